The van der Waals surface area contributed by atoms with Crippen molar-refractivity contribution in [3.8, 4) is 17.2 Å². The standard InChI is InChI=1S/C21H31N3O4/c1-13(2)12-24-15(4)17(14(3)23-24)9-21(25)22-11-16-8-19(27-6)20(28-7)10-18(16)26-5/h8,10,13H,9,11-12H2,1-7H3,(H,22,25). The van der Waals surface area contributed by atoms with Crippen LogP contribution in [0.3, 0.4) is 0 Å². The Kier molecular flexibility index (Phi) is 7.31. The van der Waals surface area contributed by atoms with Crippen LogP contribution in [0.5, 0.6) is 17.2 Å². The molecular formula is C21H31N3O4. The minimum Gasteiger partial charge on any atom is -0.496 e. The van der Waals surface area contributed by atoms with Crippen molar-refractivity contribution >= 4 is 5.91 Å². The summed E-state index contributed by atoms with van der Waals surface area (Å²) in [6, 6.07) is 3.57. The molecule has 2 aromatic rings. The lowest BCUT2D eigenvalue weighted by molar-refractivity contribution is -0.120. The Hall–Kier alpha value is -2.70. The highest BCUT2D eigenvalue weighted by molar-refractivity contribution is 5.79. The number of rotatable bonds is 9. The third-order valence-corrected chi connectivity index (χ3v) is 4.67. The fourth-order valence-electron chi connectivity index (χ4n) is 3.16. The van der Waals surface area contributed by atoms with Crippen molar-refractivity contribution in [2.24, 2.45) is 5.92 Å². The number of amides is 1. The van der Waals surface area contributed by atoms with Gasteiger partial charge in [0.15, 0.2) is 11.5 Å². The van der Waals surface area contributed by atoms with Crippen molar-refractivity contribution in [2.75, 3.05) is 21.3 Å². The van der Waals surface area contributed by atoms with Crippen LogP contribution in [-0.2, 0) is 24.3 Å². The summed E-state index contributed by atoms with van der Waals surface area (Å²) in [5.41, 5.74) is 3.75. The zero-order valence-corrected chi connectivity index (χ0v) is 17.9. The van der Waals surface area contributed by atoms with Crippen molar-refractivity contribution in [1.82, 2.24) is 15.1 Å². The average Bonchev–Trinajstić information content (AvgIpc) is 2.92. The second-order valence-corrected chi connectivity index (χ2v) is 7.20. The molecule has 1 aromatic carbocycles. The quantitative estimate of drug-likeness (QED) is 0.713. The van der Waals surface area contributed by atoms with Crippen LogP contribution >= 0.6 is 0 Å². The molecule has 7 heteroatoms. The van der Waals surface area contributed by atoms with Gasteiger partial charge in [-0.3, -0.25) is 9.48 Å². The number of carbonyl (C=O) groups excluding carboxylic acids is 1. The molecule has 0 saturated carbocycles. The van der Waals surface area contributed by atoms with Gasteiger partial charge in [-0.25, -0.2) is 0 Å². The number of carbonyl (C=O) groups is 1. The third-order valence-electron chi connectivity index (χ3n) is 4.67. The van der Waals surface area contributed by atoms with E-state index in [1.54, 1.807) is 27.4 Å². The van der Waals surface area contributed by atoms with E-state index in [2.05, 4.69) is 24.3 Å². The highest BCUT2D eigenvalue weighted by Crippen LogP contribution is 2.34. The molecule has 0 aliphatic rings. The van der Waals surface area contributed by atoms with Crippen LogP contribution in [0, 0.1) is 19.8 Å². The third kappa shape index (κ3) is 4.97. The zero-order valence-electron chi connectivity index (χ0n) is 17.9. The number of hydrogen-bond donors (Lipinski definition) is 1. The lowest BCUT2D eigenvalue weighted by Gasteiger charge is -2.14. The van der Waals surface area contributed by atoms with E-state index in [1.807, 2.05) is 24.6 Å². The van der Waals surface area contributed by atoms with Gasteiger partial charge < -0.3 is 19.5 Å². The van der Waals surface area contributed by atoms with E-state index in [9.17, 15) is 4.79 Å². The largest absolute Gasteiger partial charge is 0.496 e. The minimum absolute atomic E-state index is 0.0628. The molecule has 7 nitrogen and oxygen atoms in total. The van der Waals surface area contributed by atoms with Crippen molar-refractivity contribution < 1.29 is 19.0 Å². The summed E-state index contributed by atoms with van der Waals surface area (Å²) in [4.78, 5) is 12.6. The summed E-state index contributed by atoms with van der Waals surface area (Å²) in [5.74, 6) is 2.24. The Labute approximate surface area is 167 Å². The lowest BCUT2D eigenvalue weighted by Crippen LogP contribution is -2.25. The maximum Gasteiger partial charge on any atom is 0.224 e. The Balaban J connectivity index is 2.10. The summed E-state index contributed by atoms with van der Waals surface area (Å²) in [5, 5.41) is 7.54. The van der Waals surface area contributed by atoms with E-state index >= 15 is 0 Å². The first-order valence-corrected chi connectivity index (χ1v) is 9.39. The lowest BCUT2D eigenvalue weighted by atomic mass is 10.1. The first-order valence-electron chi connectivity index (χ1n) is 9.39. The molecule has 0 atom stereocenters. The van der Waals surface area contributed by atoms with Gasteiger partial charge in [-0.15, -0.1) is 0 Å². The molecule has 0 aliphatic heterocycles. The second-order valence-electron chi connectivity index (χ2n) is 7.20. The summed E-state index contributed by atoms with van der Waals surface area (Å²) in [6.45, 7) is 9.45. The van der Waals surface area contributed by atoms with Gasteiger partial charge in [0.2, 0.25) is 5.91 Å². The molecule has 0 spiro atoms. The van der Waals surface area contributed by atoms with Gasteiger partial charge in [-0.05, 0) is 25.8 Å². The molecule has 1 N–H and O–H groups in total. The Morgan fingerprint density at radius 1 is 1.07 bits per heavy atom. The number of hydrogen-bond acceptors (Lipinski definition) is 5. The normalized spacial score (nSPS) is 10.9. The molecule has 0 bridgehead atoms. The minimum atomic E-state index is -0.0628. The summed E-state index contributed by atoms with van der Waals surface area (Å²) >= 11 is 0. The van der Waals surface area contributed by atoms with Gasteiger partial charge in [-0.2, -0.15) is 5.10 Å². The predicted molar refractivity (Wildman–Crippen MR) is 108 cm³/mol. The van der Waals surface area contributed by atoms with Gasteiger partial charge in [0.1, 0.15) is 5.75 Å². The van der Waals surface area contributed by atoms with Crippen molar-refractivity contribution in [3.05, 3.63) is 34.6 Å². The Morgan fingerprint density at radius 3 is 2.25 bits per heavy atom. The van der Waals surface area contributed by atoms with Gasteiger partial charge in [0.25, 0.3) is 0 Å². The van der Waals surface area contributed by atoms with Gasteiger partial charge in [-0.1, -0.05) is 13.8 Å². The van der Waals surface area contributed by atoms with Gasteiger partial charge in [0, 0.05) is 36.0 Å². The predicted octanol–water partition coefficient (Wildman–Crippen LogP) is 3.04. The van der Waals surface area contributed by atoms with E-state index in [-0.39, 0.29) is 5.91 Å². The monoisotopic (exact) mass is 389 g/mol. The number of ether oxygens (including phenoxy) is 3. The van der Waals surface area contributed by atoms with E-state index < -0.39 is 0 Å². The molecule has 0 fully saturated rings. The average molecular weight is 389 g/mol. The molecule has 0 radical (unpaired) electrons. The van der Waals surface area contributed by atoms with Gasteiger partial charge >= 0.3 is 0 Å². The molecule has 1 heterocycles. The van der Waals surface area contributed by atoms with Crippen LogP contribution in [-0.4, -0.2) is 37.0 Å². The highest BCUT2D eigenvalue weighted by atomic mass is 16.5. The number of aromatic nitrogens is 2. The van der Waals surface area contributed by atoms with E-state index in [0.29, 0.717) is 36.1 Å². The second kappa shape index (κ2) is 9.48. The number of nitrogens with zero attached hydrogens (tertiary/aromatic N) is 2. The van der Waals surface area contributed by atoms with Crippen molar-refractivity contribution in [2.45, 2.75) is 47.2 Å². The van der Waals surface area contributed by atoms with Crippen LogP contribution in [0.1, 0.15) is 36.4 Å². The zero-order chi connectivity index (χ0) is 20.8. The Bertz CT molecular complexity index is 828. The fraction of sp³-hybridized carbons (Fsp3) is 0.524. The molecule has 28 heavy (non-hydrogen) atoms. The number of aryl methyl sites for hydroxylation is 1. The van der Waals surface area contributed by atoms with Crippen LogP contribution < -0.4 is 19.5 Å². The van der Waals surface area contributed by atoms with Crippen LogP contribution in [0.15, 0.2) is 12.1 Å². The number of methoxy groups -OCH3 is 3. The van der Waals surface area contributed by atoms with Crippen molar-refractivity contribution in [3.63, 3.8) is 0 Å². The first kappa shape index (κ1) is 21.6. The van der Waals surface area contributed by atoms with Crippen LogP contribution in [0.25, 0.3) is 0 Å². The van der Waals surface area contributed by atoms with Crippen LogP contribution in [0.2, 0.25) is 0 Å². The van der Waals surface area contributed by atoms with E-state index in [4.69, 9.17) is 14.2 Å². The Morgan fingerprint density at radius 2 is 1.68 bits per heavy atom. The topological polar surface area (TPSA) is 74.6 Å². The summed E-state index contributed by atoms with van der Waals surface area (Å²) < 4.78 is 18.0. The number of nitrogens with one attached hydrogen (secondary N) is 1. The smallest absolute Gasteiger partial charge is 0.224 e. The molecule has 154 valence electrons. The molecule has 1 aromatic heterocycles. The summed E-state index contributed by atoms with van der Waals surface area (Å²) in [6.07, 6.45) is 0.297. The highest BCUT2D eigenvalue weighted by Gasteiger charge is 2.17. The molecule has 0 aliphatic carbocycles. The van der Waals surface area contributed by atoms with Crippen LogP contribution in [0.4, 0.5) is 0 Å². The maximum atomic E-state index is 12.6. The van der Waals surface area contributed by atoms with Gasteiger partial charge in [0.05, 0.1) is 33.4 Å². The molecule has 1 amide bonds. The SMILES string of the molecule is COc1cc(OC)c(OC)cc1CNC(=O)Cc1c(C)nn(CC(C)C)c1C. The number of benzene rings is 1. The van der Waals surface area contributed by atoms with E-state index in [0.717, 1.165) is 29.1 Å². The van der Waals surface area contributed by atoms with E-state index in [1.165, 1.54) is 0 Å². The summed E-state index contributed by atoms with van der Waals surface area (Å²) in [7, 11) is 4.73. The molecule has 0 saturated heterocycles. The molecular weight excluding hydrogens is 358 g/mol. The van der Waals surface area contributed by atoms with Crippen molar-refractivity contribution in [1.29, 1.82) is 0 Å². The molecule has 2 rings (SSSR count). The maximum absolute atomic E-state index is 12.6. The fourth-order valence-corrected chi connectivity index (χ4v) is 3.16. The first-order chi connectivity index (χ1) is 13.3. The molecule has 0 unspecified atom stereocenters.